The number of hydrogen-bond acceptors (Lipinski definition) is 23. The van der Waals surface area contributed by atoms with Crippen molar-refractivity contribution in [2.45, 2.75) is 73.6 Å². The Bertz CT molecular complexity index is 2710. The van der Waals surface area contributed by atoms with E-state index in [-0.39, 0.29) is 17.0 Å². The molecule has 12 N–H and O–H groups in total. The number of fused-ring (bicyclic) bond motifs is 1. The van der Waals surface area contributed by atoms with E-state index in [4.69, 9.17) is 38.0 Å². The van der Waals surface area contributed by atoms with E-state index in [9.17, 15) is 72.9 Å². The Labute approximate surface area is 347 Å². The van der Waals surface area contributed by atoms with Gasteiger partial charge >= 0.3 is 34.8 Å². The molecule has 63 heavy (non-hydrogen) atoms. The van der Waals surface area contributed by atoms with Gasteiger partial charge in [-0.3, -0.25) is 55.9 Å². The van der Waals surface area contributed by atoms with Crippen LogP contribution in [0.25, 0.3) is 11.2 Å². The topological polar surface area (TPSA) is 466 Å². The van der Waals surface area contributed by atoms with E-state index in [0.29, 0.717) is 9.13 Å². The average Bonchev–Trinajstić information content (AvgIpc) is 3.93. The van der Waals surface area contributed by atoms with Crippen LogP contribution in [-0.2, 0) is 50.5 Å². The number of nitrogen functional groups attached to an aromatic ring is 1. The normalized spacial score (nSPS) is 31.9. The van der Waals surface area contributed by atoms with Gasteiger partial charge in [0.2, 0.25) is 0 Å². The van der Waals surface area contributed by atoms with Crippen molar-refractivity contribution < 1.29 is 90.5 Å². The molecule has 35 heteroatoms. The van der Waals surface area contributed by atoms with Crippen LogP contribution in [-0.4, -0.2) is 153 Å². The molecule has 7 heterocycles. The summed E-state index contributed by atoms with van der Waals surface area (Å²) in [6, 6.07) is 1.66. The number of nitrogens with two attached hydrogens (primary N) is 1. The predicted octanol–water partition coefficient (Wildman–Crippen LogP) is -5.24. The lowest BCUT2D eigenvalue weighted by atomic mass is 10.1. The Hall–Kier alpha value is -4.24. The highest BCUT2D eigenvalue weighted by molar-refractivity contribution is 7.47. The van der Waals surface area contributed by atoms with Gasteiger partial charge in [0, 0.05) is 24.5 Å². The van der Waals surface area contributed by atoms with Gasteiger partial charge in [0.15, 0.2) is 30.1 Å². The van der Waals surface area contributed by atoms with Crippen LogP contribution in [0, 0.1) is 0 Å². The second-order valence-electron chi connectivity index (χ2n) is 13.7. The molecule has 0 radical (unpaired) electrons. The van der Waals surface area contributed by atoms with E-state index in [1.165, 1.54) is 10.9 Å². The number of phosphoric acid groups is 3. The number of anilines is 1. The summed E-state index contributed by atoms with van der Waals surface area (Å²) in [6.07, 6.45) is -18.5. The lowest BCUT2D eigenvalue weighted by Crippen LogP contribution is -2.39. The minimum absolute atomic E-state index is 0.0216. The summed E-state index contributed by atoms with van der Waals surface area (Å²) in [5.41, 5.74) is 1.92. The van der Waals surface area contributed by atoms with Crippen molar-refractivity contribution >= 4 is 40.4 Å². The second kappa shape index (κ2) is 18.0. The molecule has 0 bridgehead atoms. The summed E-state index contributed by atoms with van der Waals surface area (Å²) in [5.74, 6) is -0.0216. The van der Waals surface area contributed by atoms with E-state index >= 15 is 0 Å². The van der Waals surface area contributed by atoms with Gasteiger partial charge in [0.05, 0.1) is 26.1 Å². The zero-order chi connectivity index (χ0) is 45.8. The number of aromatic amines is 2. The Morgan fingerprint density at radius 3 is 1.73 bits per heavy atom. The monoisotopic (exact) mass is 959 g/mol. The minimum Gasteiger partial charge on any atom is -0.394 e. The van der Waals surface area contributed by atoms with Crippen molar-refractivity contribution in [2.75, 3.05) is 25.6 Å². The first-order valence-corrected chi connectivity index (χ1v) is 22.3. The number of H-pyrrole nitrogens is 2. The molecule has 0 aromatic carbocycles. The number of ether oxygens (including phenoxy) is 3. The third-order valence-electron chi connectivity index (χ3n) is 9.60. The third kappa shape index (κ3) is 10.0. The fourth-order valence-electron chi connectivity index (χ4n) is 6.81. The molecule has 0 spiro atoms. The predicted molar refractivity (Wildman–Crippen MR) is 197 cm³/mol. The van der Waals surface area contributed by atoms with Crippen LogP contribution in [0.3, 0.4) is 0 Å². The zero-order valence-corrected chi connectivity index (χ0v) is 34.0. The number of imidazole rings is 1. The first-order chi connectivity index (χ1) is 29.6. The minimum atomic E-state index is -5.57. The Balaban J connectivity index is 1.07. The Kier molecular flexibility index (Phi) is 13.3. The van der Waals surface area contributed by atoms with Gasteiger partial charge in [-0.25, -0.2) is 38.2 Å². The van der Waals surface area contributed by atoms with Crippen LogP contribution in [0.2, 0.25) is 0 Å². The first kappa shape index (κ1) is 46.7. The second-order valence-corrected chi connectivity index (χ2v) is 17.7. The number of nitrogens with zero attached hydrogens (tertiary/aromatic N) is 6. The standard InChI is InChI=1S/C28H36N9O23P3/c29-22-15-23(31-8-30-22)37(9-32-15)25-17(42)19(10(5-38)55-25)59-63(51,52)54-7-12-20(18(43)24(57-12)35-3-1-13(39)33-27(35)44)60-62(49,50)53-6-11-16(41)21(58-61(46,47)48)26(56-11)36-4-2-14(40)34-28(36)45/h1-4,8-12,16-21,24-26,38,41-43H,5-7H2,(H,49,50)(H,51,52)(H2,29,30,31)(H,33,39,44)(H,34,40,45)(H2,46,47,48)/t10-,11-,12-,16-,17-,18-,19-,20-,21-,24-,25-,26-/m1/s1. The number of rotatable bonds is 16. The first-order valence-electron chi connectivity index (χ1n) is 17.8. The fourth-order valence-corrected chi connectivity index (χ4v) is 9.28. The highest BCUT2D eigenvalue weighted by Crippen LogP contribution is 2.52. The summed E-state index contributed by atoms with van der Waals surface area (Å²) < 4.78 is 82.5. The molecule has 2 unspecified atom stereocenters. The number of phosphoric ester groups is 3. The average molecular weight is 960 g/mol. The highest BCUT2D eigenvalue weighted by Gasteiger charge is 2.54. The van der Waals surface area contributed by atoms with E-state index in [1.54, 1.807) is 0 Å². The summed E-state index contributed by atoms with van der Waals surface area (Å²) >= 11 is 0. The zero-order valence-electron chi connectivity index (χ0n) is 31.3. The molecule has 7 rings (SSSR count). The van der Waals surface area contributed by atoms with Gasteiger partial charge in [-0.15, -0.1) is 0 Å². The largest absolute Gasteiger partial charge is 0.472 e. The number of hydrogen-bond donors (Lipinski definition) is 11. The number of aliphatic hydroxyl groups is 4. The number of nitrogens with one attached hydrogen (secondary N) is 2. The van der Waals surface area contributed by atoms with Crippen LogP contribution in [0.15, 0.2) is 56.4 Å². The van der Waals surface area contributed by atoms with Gasteiger partial charge in [0.25, 0.3) is 11.1 Å². The molecule has 32 nitrogen and oxygen atoms in total. The molecule has 0 saturated carbocycles. The van der Waals surface area contributed by atoms with Crippen LogP contribution in [0.4, 0.5) is 5.82 Å². The molecule has 3 fully saturated rings. The molecule has 0 aliphatic carbocycles. The van der Waals surface area contributed by atoms with Crippen molar-refractivity contribution in [1.82, 2.24) is 38.6 Å². The van der Waals surface area contributed by atoms with Crippen LogP contribution in [0.1, 0.15) is 18.7 Å². The van der Waals surface area contributed by atoms with Gasteiger partial charge < -0.3 is 59.9 Å². The van der Waals surface area contributed by atoms with E-state index < -0.39 is 139 Å². The van der Waals surface area contributed by atoms with Crippen molar-refractivity contribution in [3.05, 3.63) is 78.9 Å². The molecular formula is C28H36N9O23P3. The summed E-state index contributed by atoms with van der Waals surface area (Å²) in [6.45, 7) is -3.22. The molecule has 3 saturated heterocycles. The lowest BCUT2D eigenvalue weighted by molar-refractivity contribution is -0.0640. The molecule has 4 aromatic rings. The molecule has 4 aromatic heterocycles. The van der Waals surface area contributed by atoms with Crippen LogP contribution < -0.4 is 28.2 Å². The SMILES string of the molecule is Nc1ncnc2c1ncn2[C@@H]1O[C@H](CO)[C@@H](OP(=O)(O)OC[C@H]2O[C@@H](n3ccc(=O)[nH]c3=O)[C@H](O)[C@@H]2OP(=O)(O)OC[C@H]2O[C@@H](n3ccc(=O)[nH]c3=O)[C@H](OP(=O)(O)O)[C@@H]2O)[C@H]1O. The van der Waals surface area contributed by atoms with Gasteiger partial charge in [0.1, 0.15) is 66.8 Å². The van der Waals surface area contributed by atoms with E-state index in [2.05, 4.69) is 19.5 Å². The smallest absolute Gasteiger partial charge is 0.394 e. The van der Waals surface area contributed by atoms with E-state index in [0.717, 1.165) is 30.9 Å². The van der Waals surface area contributed by atoms with Gasteiger partial charge in [-0.05, 0) is 0 Å². The molecular weight excluding hydrogens is 923 g/mol. The molecule has 3 aliphatic heterocycles. The highest BCUT2D eigenvalue weighted by atomic mass is 31.2. The maximum absolute atomic E-state index is 13.4. The van der Waals surface area contributed by atoms with Gasteiger partial charge in [-0.2, -0.15) is 0 Å². The van der Waals surface area contributed by atoms with Crippen LogP contribution in [0.5, 0.6) is 0 Å². The summed E-state index contributed by atoms with van der Waals surface area (Å²) in [4.78, 5) is 104. The van der Waals surface area contributed by atoms with E-state index in [1.807, 2.05) is 9.97 Å². The van der Waals surface area contributed by atoms with Crippen molar-refractivity contribution in [2.24, 2.45) is 0 Å². The fraction of sp³-hybridized carbons (Fsp3) is 0.536. The lowest BCUT2D eigenvalue weighted by Gasteiger charge is -2.25. The van der Waals surface area contributed by atoms with Crippen LogP contribution >= 0.6 is 23.5 Å². The molecule has 3 aliphatic rings. The quantitative estimate of drug-likeness (QED) is 0.0467. The third-order valence-corrected chi connectivity index (χ3v) is 12.1. The summed E-state index contributed by atoms with van der Waals surface area (Å²) in [7, 11) is -16.4. The van der Waals surface area contributed by atoms with Crippen molar-refractivity contribution in [3.63, 3.8) is 0 Å². The molecule has 0 amide bonds. The number of aromatic nitrogens is 8. The Morgan fingerprint density at radius 2 is 1.17 bits per heavy atom. The van der Waals surface area contributed by atoms with Crippen molar-refractivity contribution in [3.8, 4) is 0 Å². The summed E-state index contributed by atoms with van der Waals surface area (Å²) in [5, 5.41) is 43.2. The maximum atomic E-state index is 13.4. The molecule has 14 atom stereocenters. The van der Waals surface area contributed by atoms with Gasteiger partial charge in [-0.1, -0.05) is 0 Å². The Morgan fingerprint density at radius 1 is 0.667 bits per heavy atom. The number of aliphatic hydroxyl groups excluding tert-OH is 4. The maximum Gasteiger partial charge on any atom is 0.472 e. The molecule has 346 valence electrons. The van der Waals surface area contributed by atoms with Crippen molar-refractivity contribution in [1.29, 1.82) is 0 Å².